The second-order valence-corrected chi connectivity index (χ2v) is 5.46. The van der Waals surface area contributed by atoms with Gasteiger partial charge in [0.05, 0.1) is 18.2 Å². The molecule has 0 radical (unpaired) electrons. The molecule has 1 aliphatic heterocycles. The van der Waals surface area contributed by atoms with Crippen LogP contribution >= 0.6 is 12.4 Å². The second-order valence-electron chi connectivity index (χ2n) is 5.46. The van der Waals surface area contributed by atoms with Gasteiger partial charge in [0.25, 0.3) is 0 Å². The molecule has 1 amide bonds. The Bertz CT molecular complexity index is 475. The SMILES string of the molecule is Cl.O=C(N[C@H]1c2ccccc2C[C@H]1O)[C@H]1CCCCN1. The first kappa shape index (κ1) is 15.3. The van der Waals surface area contributed by atoms with Crippen molar-refractivity contribution in [3.63, 3.8) is 0 Å². The summed E-state index contributed by atoms with van der Waals surface area (Å²) in [7, 11) is 0. The molecule has 1 saturated heterocycles. The minimum absolute atomic E-state index is 0. The van der Waals surface area contributed by atoms with Crippen LogP contribution in [0.25, 0.3) is 0 Å². The molecule has 4 nitrogen and oxygen atoms in total. The number of halogens is 1. The molecule has 1 aliphatic carbocycles. The molecule has 3 rings (SSSR count). The predicted octanol–water partition coefficient (Wildman–Crippen LogP) is 1.32. The molecule has 110 valence electrons. The minimum Gasteiger partial charge on any atom is -0.390 e. The Morgan fingerprint density at radius 2 is 2.10 bits per heavy atom. The number of nitrogens with one attached hydrogen (secondary N) is 2. The van der Waals surface area contributed by atoms with E-state index < -0.39 is 6.10 Å². The van der Waals surface area contributed by atoms with Crippen LogP contribution in [0.15, 0.2) is 24.3 Å². The van der Waals surface area contributed by atoms with Crippen LogP contribution < -0.4 is 10.6 Å². The smallest absolute Gasteiger partial charge is 0.237 e. The van der Waals surface area contributed by atoms with Crippen LogP contribution in [-0.2, 0) is 11.2 Å². The van der Waals surface area contributed by atoms with Gasteiger partial charge >= 0.3 is 0 Å². The number of hydrogen-bond acceptors (Lipinski definition) is 3. The maximum atomic E-state index is 12.2. The monoisotopic (exact) mass is 296 g/mol. The Kier molecular flexibility index (Phi) is 5.02. The Morgan fingerprint density at radius 3 is 2.85 bits per heavy atom. The van der Waals surface area contributed by atoms with E-state index in [1.54, 1.807) is 0 Å². The summed E-state index contributed by atoms with van der Waals surface area (Å²) in [4.78, 5) is 12.2. The van der Waals surface area contributed by atoms with Gasteiger partial charge in [-0.3, -0.25) is 4.79 Å². The van der Waals surface area contributed by atoms with Crippen LogP contribution in [-0.4, -0.2) is 29.7 Å². The lowest BCUT2D eigenvalue weighted by molar-refractivity contribution is -0.125. The van der Waals surface area contributed by atoms with Crippen molar-refractivity contribution in [1.82, 2.24) is 10.6 Å². The van der Waals surface area contributed by atoms with Gasteiger partial charge in [-0.2, -0.15) is 0 Å². The normalized spacial score (nSPS) is 28.4. The van der Waals surface area contributed by atoms with Gasteiger partial charge in [-0.05, 0) is 30.5 Å². The van der Waals surface area contributed by atoms with E-state index in [2.05, 4.69) is 10.6 Å². The molecule has 1 heterocycles. The fraction of sp³-hybridized carbons (Fsp3) is 0.533. The van der Waals surface area contributed by atoms with Crippen molar-refractivity contribution in [2.45, 2.75) is 43.9 Å². The Hall–Kier alpha value is -1.10. The van der Waals surface area contributed by atoms with E-state index in [1.165, 1.54) is 0 Å². The van der Waals surface area contributed by atoms with Crippen LogP contribution in [0.1, 0.15) is 36.4 Å². The van der Waals surface area contributed by atoms with E-state index in [0.29, 0.717) is 6.42 Å². The molecule has 1 aromatic carbocycles. The molecule has 1 aromatic rings. The third kappa shape index (κ3) is 2.97. The highest BCUT2D eigenvalue weighted by molar-refractivity contribution is 5.85. The van der Waals surface area contributed by atoms with Gasteiger partial charge in [0.2, 0.25) is 5.91 Å². The van der Waals surface area contributed by atoms with E-state index >= 15 is 0 Å². The van der Waals surface area contributed by atoms with E-state index in [1.807, 2.05) is 24.3 Å². The highest BCUT2D eigenvalue weighted by atomic mass is 35.5. The number of benzene rings is 1. The highest BCUT2D eigenvalue weighted by Crippen LogP contribution is 2.31. The van der Waals surface area contributed by atoms with Crippen molar-refractivity contribution >= 4 is 18.3 Å². The summed E-state index contributed by atoms with van der Waals surface area (Å²) in [6, 6.07) is 7.57. The van der Waals surface area contributed by atoms with E-state index in [-0.39, 0.29) is 30.4 Å². The standard InChI is InChI=1S/C15H20N2O2.ClH/c18-13-9-10-5-1-2-6-11(10)14(13)17-15(19)12-7-3-4-8-16-12;/h1-2,5-6,12-14,16,18H,3-4,7-9H2,(H,17,19);1H/t12-,13-,14+;/m1./s1. The average molecular weight is 297 g/mol. The minimum atomic E-state index is -0.509. The maximum Gasteiger partial charge on any atom is 0.237 e. The van der Waals surface area contributed by atoms with E-state index in [9.17, 15) is 9.90 Å². The summed E-state index contributed by atoms with van der Waals surface area (Å²) in [5, 5.41) is 16.4. The van der Waals surface area contributed by atoms with Crippen LogP contribution in [0.4, 0.5) is 0 Å². The number of piperidine rings is 1. The van der Waals surface area contributed by atoms with E-state index in [4.69, 9.17) is 0 Å². The third-order valence-electron chi connectivity index (χ3n) is 4.13. The fourth-order valence-electron chi connectivity index (χ4n) is 3.08. The molecule has 3 atom stereocenters. The molecule has 2 aliphatic rings. The molecular weight excluding hydrogens is 276 g/mol. The summed E-state index contributed by atoms with van der Waals surface area (Å²) in [6.07, 6.45) is 3.23. The van der Waals surface area contributed by atoms with Crippen molar-refractivity contribution < 1.29 is 9.90 Å². The second kappa shape index (κ2) is 6.57. The Morgan fingerprint density at radius 1 is 1.30 bits per heavy atom. The predicted molar refractivity (Wildman–Crippen MR) is 79.9 cm³/mol. The number of rotatable bonds is 2. The lowest BCUT2D eigenvalue weighted by Gasteiger charge is -2.26. The number of fused-ring (bicyclic) bond motifs is 1. The topological polar surface area (TPSA) is 61.4 Å². The van der Waals surface area contributed by atoms with Crippen molar-refractivity contribution in [2.24, 2.45) is 0 Å². The highest BCUT2D eigenvalue weighted by Gasteiger charge is 2.33. The zero-order chi connectivity index (χ0) is 13.2. The van der Waals surface area contributed by atoms with E-state index in [0.717, 1.165) is 36.9 Å². The van der Waals surface area contributed by atoms with Crippen LogP contribution in [0.3, 0.4) is 0 Å². The molecule has 1 fully saturated rings. The Labute approximate surface area is 125 Å². The number of carbonyl (C=O) groups excluding carboxylic acids is 1. The molecule has 0 unspecified atom stereocenters. The van der Waals surface area contributed by atoms with Crippen molar-refractivity contribution in [3.8, 4) is 0 Å². The van der Waals surface area contributed by atoms with Gasteiger partial charge < -0.3 is 15.7 Å². The van der Waals surface area contributed by atoms with Crippen molar-refractivity contribution in [3.05, 3.63) is 35.4 Å². The maximum absolute atomic E-state index is 12.2. The average Bonchev–Trinajstić information content (AvgIpc) is 2.76. The first-order chi connectivity index (χ1) is 9.25. The third-order valence-corrected chi connectivity index (χ3v) is 4.13. The van der Waals surface area contributed by atoms with Gasteiger partial charge in [0.1, 0.15) is 0 Å². The number of hydrogen-bond donors (Lipinski definition) is 3. The lowest BCUT2D eigenvalue weighted by atomic mass is 10.0. The molecule has 0 aromatic heterocycles. The van der Waals surface area contributed by atoms with Crippen LogP contribution in [0.5, 0.6) is 0 Å². The van der Waals surface area contributed by atoms with Crippen molar-refractivity contribution in [2.75, 3.05) is 6.54 Å². The number of amides is 1. The summed E-state index contributed by atoms with van der Waals surface area (Å²) >= 11 is 0. The molecule has 0 bridgehead atoms. The largest absolute Gasteiger partial charge is 0.390 e. The summed E-state index contributed by atoms with van der Waals surface area (Å²) in [5.41, 5.74) is 2.19. The lowest BCUT2D eigenvalue weighted by Crippen LogP contribution is -2.48. The zero-order valence-corrected chi connectivity index (χ0v) is 12.2. The quantitative estimate of drug-likeness (QED) is 0.771. The molecule has 20 heavy (non-hydrogen) atoms. The Balaban J connectivity index is 0.00000147. The molecule has 0 spiro atoms. The summed E-state index contributed by atoms with van der Waals surface area (Å²) < 4.78 is 0. The van der Waals surface area contributed by atoms with Crippen LogP contribution in [0.2, 0.25) is 0 Å². The number of aliphatic hydroxyl groups is 1. The molecular formula is C15H21ClN2O2. The van der Waals surface area contributed by atoms with Crippen molar-refractivity contribution in [1.29, 1.82) is 0 Å². The van der Waals surface area contributed by atoms with Crippen LogP contribution in [0, 0.1) is 0 Å². The molecule has 3 N–H and O–H groups in total. The molecule has 0 saturated carbocycles. The fourth-order valence-corrected chi connectivity index (χ4v) is 3.08. The first-order valence-corrected chi connectivity index (χ1v) is 7.05. The summed E-state index contributed by atoms with van der Waals surface area (Å²) in [5.74, 6) is 0.0143. The van der Waals surface area contributed by atoms with Gasteiger partial charge in [0.15, 0.2) is 0 Å². The molecule has 5 heteroatoms. The summed E-state index contributed by atoms with van der Waals surface area (Å²) in [6.45, 7) is 0.905. The van der Waals surface area contributed by atoms with Gasteiger partial charge in [0, 0.05) is 6.42 Å². The first-order valence-electron chi connectivity index (χ1n) is 7.05. The zero-order valence-electron chi connectivity index (χ0n) is 11.3. The van der Waals surface area contributed by atoms with Gasteiger partial charge in [-0.15, -0.1) is 12.4 Å². The van der Waals surface area contributed by atoms with Gasteiger partial charge in [-0.25, -0.2) is 0 Å². The number of carbonyl (C=O) groups is 1. The van der Waals surface area contributed by atoms with Gasteiger partial charge in [-0.1, -0.05) is 30.7 Å². The number of aliphatic hydroxyl groups excluding tert-OH is 1.